The molecule has 3 fully saturated rings. The Balaban J connectivity index is 1.33. The molecule has 2 saturated heterocycles. The normalized spacial score (nSPS) is 25.2. The SMILES string of the molecule is O=C(NC[C@@H]1CC[C@H](CC(=O)N2CCOCC2)N1CC1CC1)c1ccc(F)cc1. The van der Waals surface area contributed by atoms with E-state index in [0.29, 0.717) is 44.8 Å². The average molecular weight is 403 g/mol. The minimum atomic E-state index is -0.347. The summed E-state index contributed by atoms with van der Waals surface area (Å²) >= 11 is 0. The summed E-state index contributed by atoms with van der Waals surface area (Å²) in [5, 5.41) is 3.01. The van der Waals surface area contributed by atoms with Crippen LogP contribution in [0, 0.1) is 11.7 Å². The number of benzene rings is 1. The molecule has 7 heteroatoms. The molecular weight excluding hydrogens is 373 g/mol. The fourth-order valence-corrected chi connectivity index (χ4v) is 4.41. The van der Waals surface area contributed by atoms with Crippen LogP contribution in [0.1, 0.15) is 42.5 Å². The predicted octanol–water partition coefficient (Wildman–Crippen LogP) is 2.05. The van der Waals surface area contributed by atoms with Crippen molar-refractivity contribution >= 4 is 11.8 Å². The first-order valence-electron chi connectivity index (χ1n) is 10.7. The highest BCUT2D eigenvalue weighted by atomic mass is 19.1. The summed E-state index contributed by atoms with van der Waals surface area (Å²) in [6.45, 7) is 4.19. The molecule has 3 aliphatic rings. The minimum Gasteiger partial charge on any atom is -0.378 e. The molecule has 2 heterocycles. The number of nitrogens with one attached hydrogen (secondary N) is 1. The number of halogens is 1. The van der Waals surface area contributed by atoms with Crippen LogP contribution in [0.2, 0.25) is 0 Å². The second kappa shape index (κ2) is 9.22. The topological polar surface area (TPSA) is 61.9 Å². The lowest BCUT2D eigenvalue weighted by molar-refractivity contribution is -0.136. The standard InChI is InChI=1S/C22H30FN3O3/c23-18-5-3-17(4-6-18)22(28)24-14-20-8-7-19(26(20)15-16-1-2-16)13-21(27)25-9-11-29-12-10-25/h3-6,16,19-20H,1-2,7-15H2,(H,24,28)/t19-,20+/m1/s1. The van der Waals surface area contributed by atoms with E-state index in [1.165, 1.54) is 37.1 Å². The van der Waals surface area contributed by atoms with Crippen molar-refractivity contribution in [2.75, 3.05) is 39.4 Å². The molecule has 1 aromatic rings. The van der Waals surface area contributed by atoms with Crippen molar-refractivity contribution in [3.63, 3.8) is 0 Å². The lowest BCUT2D eigenvalue weighted by Crippen LogP contribution is -2.47. The molecule has 6 nitrogen and oxygen atoms in total. The number of nitrogens with zero attached hydrogens (tertiary/aromatic N) is 2. The van der Waals surface area contributed by atoms with Crippen LogP contribution >= 0.6 is 0 Å². The molecule has 2 atom stereocenters. The number of hydrogen-bond acceptors (Lipinski definition) is 4. The van der Waals surface area contributed by atoms with Crippen molar-refractivity contribution in [2.45, 2.75) is 44.2 Å². The van der Waals surface area contributed by atoms with E-state index in [4.69, 9.17) is 4.74 Å². The molecule has 2 aliphatic heterocycles. The van der Waals surface area contributed by atoms with Crippen LogP contribution in [0.15, 0.2) is 24.3 Å². The molecule has 0 bridgehead atoms. The van der Waals surface area contributed by atoms with Crippen molar-refractivity contribution in [3.8, 4) is 0 Å². The van der Waals surface area contributed by atoms with Gasteiger partial charge in [-0.25, -0.2) is 4.39 Å². The summed E-state index contributed by atoms with van der Waals surface area (Å²) in [4.78, 5) is 29.5. The maximum atomic E-state index is 13.1. The Bertz CT molecular complexity index is 717. The number of carbonyl (C=O) groups excluding carboxylic acids is 2. The van der Waals surface area contributed by atoms with Gasteiger partial charge in [-0.05, 0) is 55.9 Å². The molecule has 0 aromatic heterocycles. The number of likely N-dealkylation sites (tertiary alicyclic amines) is 1. The highest BCUT2D eigenvalue weighted by molar-refractivity contribution is 5.94. The van der Waals surface area contributed by atoms with Crippen LogP contribution in [0.4, 0.5) is 4.39 Å². The summed E-state index contributed by atoms with van der Waals surface area (Å²) < 4.78 is 18.4. The second-order valence-electron chi connectivity index (χ2n) is 8.44. The van der Waals surface area contributed by atoms with Gasteiger partial charge in [-0.1, -0.05) is 0 Å². The zero-order valence-corrected chi connectivity index (χ0v) is 16.8. The van der Waals surface area contributed by atoms with Crippen molar-refractivity contribution in [3.05, 3.63) is 35.6 Å². The number of carbonyl (C=O) groups is 2. The Morgan fingerprint density at radius 1 is 1.03 bits per heavy atom. The van der Waals surface area contributed by atoms with Gasteiger partial charge in [0.15, 0.2) is 0 Å². The van der Waals surface area contributed by atoms with Gasteiger partial charge >= 0.3 is 0 Å². The third kappa shape index (κ3) is 5.34. The molecular formula is C22H30FN3O3. The van der Waals surface area contributed by atoms with E-state index in [9.17, 15) is 14.0 Å². The van der Waals surface area contributed by atoms with E-state index >= 15 is 0 Å². The zero-order valence-electron chi connectivity index (χ0n) is 16.8. The monoisotopic (exact) mass is 403 g/mol. The second-order valence-corrected chi connectivity index (χ2v) is 8.44. The summed E-state index contributed by atoms with van der Waals surface area (Å²) in [7, 11) is 0. The summed E-state index contributed by atoms with van der Waals surface area (Å²) in [6, 6.07) is 6.12. The third-order valence-electron chi connectivity index (χ3n) is 6.32. The fourth-order valence-electron chi connectivity index (χ4n) is 4.41. The van der Waals surface area contributed by atoms with E-state index in [-0.39, 0.29) is 29.7 Å². The quantitative estimate of drug-likeness (QED) is 0.757. The molecule has 1 N–H and O–H groups in total. The number of amides is 2. The van der Waals surface area contributed by atoms with Crippen LogP contribution in [0.5, 0.6) is 0 Å². The molecule has 2 amide bonds. The molecule has 29 heavy (non-hydrogen) atoms. The van der Waals surface area contributed by atoms with Gasteiger partial charge in [0.1, 0.15) is 5.82 Å². The van der Waals surface area contributed by atoms with E-state index in [2.05, 4.69) is 10.2 Å². The molecule has 0 unspecified atom stereocenters. The van der Waals surface area contributed by atoms with E-state index in [1.807, 2.05) is 4.90 Å². The van der Waals surface area contributed by atoms with Crippen LogP contribution in [0.3, 0.4) is 0 Å². The van der Waals surface area contributed by atoms with Crippen LogP contribution < -0.4 is 5.32 Å². The van der Waals surface area contributed by atoms with E-state index in [0.717, 1.165) is 25.3 Å². The van der Waals surface area contributed by atoms with Gasteiger partial charge < -0.3 is 15.0 Å². The van der Waals surface area contributed by atoms with Crippen molar-refractivity contribution in [1.82, 2.24) is 15.1 Å². The summed E-state index contributed by atoms with van der Waals surface area (Å²) in [5.41, 5.74) is 0.470. The molecule has 158 valence electrons. The Morgan fingerprint density at radius 2 is 1.72 bits per heavy atom. The Kier molecular flexibility index (Phi) is 6.45. The first kappa shape index (κ1) is 20.3. The van der Waals surface area contributed by atoms with Crippen LogP contribution in [-0.4, -0.2) is 73.1 Å². The van der Waals surface area contributed by atoms with Crippen molar-refractivity contribution in [1.29, 1.82) is 0 Å². The highest BCUT2D eigenvalue weighted by Crippen LogP contribution is 2.35. The largest absolute Gasteiger partial charge is 0.378 e. The Labute approximate surface area is 171 Å². The van der Waals surface area contributed by atoms with Gasteiger partial charge in [-0.2, -0.15) is 0 Å². The highest BCUT2D eigenvalue weighted by Gasteiger charge is 2.38. The smallest absolute Gasteiger partial charge is 0.251 e. The van der Waals surface area contributed by atoms with Crippen LogP contribution in [0.25, 0.3) is 0 Å². The average Bonchev–Trinajstić information content (AvgIpc) is 3.49. The number of rotatable bonds is 7. The van der Waals surface area contributed by atoms with Gasteiger partial charge in [0, 0.05) is 50.2 Å². The lowest BCUT2D eigenvalue weighted by atomic mass is 10.1. The lowest BCUT2D eigenvalue weighted by Gasteiger charge is -2.33. The molecule has 1 aromatic carbocycles. The molecule has 1 aliphatic carbocycles. The zero-order chi connectivity index (χ0) is 20.2. The van der Waals surface area contributed by atoms with Gasteiger partial charge in [0.2, 0.25) is 5.91 Å². The third-order valence-corrected chi connectivity index (χ3v) is 6.32. The van der Waals surface area contributed by atoms with E-state index in [1.54, 1.807) is 0 Å². The summed E-state index contributed by atoms with van der Waals surface area (Å²) in [6.07, 6.45) is 5.04. The molecule has 0 spiro atoms. The number of hydrogen-bond donors (Lipinski definition) is 1. The van der Waals surface area contributed by atoms with Crippen molar-refractivity contribution < 1.29 is 18.7 Å². The van der Waals surface area contributed by atoms with E-state index < -0.39 is 0 Å². The molecule has 0 radical (unpaired) electrons. The predicted molar refractivity (Wildman–Crippen MR) is 107 cm³/mol. The Hall–Kier alpha value is -1.99. The molecule has 1 saturated carbocycles. The van der Waals surface area contributed by atoms with Gasteiger partial charge in [-0.15, -0.1) is 0 Å². The number of ether oxygens (including phenoxy) is 1. The maximum absolute atomic E-state index is 13.1. The maximum Gasteiger partial charge on any atom is 0.251 e. The first-order valence-corrected chi connectivity index (χ1v) is 10.7. The van der Waals surface area contributed by atoms with Gasteiger partial charge in [-0.3, -0.25) is 14.5 Å². The Morgan fingerprint density at radius 3 is 2.41 bits per heavy atom. The first-order chi connectivity index (χ1) is 14.1. The van der Waals surface area contributed by atoms with Gasteiger partial charge in [0.25, 0.3) is 5.91 Å². The fraction of sp³-hybridized carbons (Fsp3) is 0.636. The minimum absolute atomic E-state index is 0.177. The van der Waals surface area contributed by atoms with Gasteiger partial charge in [0.05, 0.1) is 13.2 Å². The molecule has 4 rings (SSSR count). The van der Waals surface area contributed by atoms with Crippen LogP contribution in [-0.2, 0) is 9.53 Å². The number of morpholine rings is 1. The summed E-state index contributed by atoms with van der Waals surface area (Å²) in [5.74, 6) is 0.421. The van der Waals surface area contributed by atoms with Crippen molar-refractivity contribution in [2.24, 2.45) is 5.92 Å².